The van der Waals surface area contributed by atoms with E-state index in [-0.39, 0.29) is 4.21 Å². The van der Waals surface area contributed by atoms with Crippen LogP contribution in [0.2, 0.25) is 0 Å². The highest BCUT2D eigenvalue weighted by Crippen LogP contribution is 2.37. The molecule has 8 heteroatoms. The van der Waals surface area contributed by atoms with Gasteiger partial charge in [0.05, 0.1) is 7.11 Å². The lowest BCUT2D eigenvalue weighted by Crippen LogP contribution is -2.09. The molecule has 0 fully saturated rings. The Morgan fingerprint density at radius 3 is 2.69 bits per heavy atom. The maximum atomic E-state index is 11.5. The molecule has 0 unspecified atom stereocenters. The number of benzene rings is 1. The van der Waals surface area contributed by atoms with Gasteiger partial charge in [-0.2, -0.15) is 0 Å². The molecule has 0 bridgehead atoms. The number of hydrogen-bond donors (Lipinski definition) is 2. The van der Waals surface area contributed by atoms with Crippen molar-refractivity contribution in [2.24, 2.45) is 5.14 Å². The van der Waals surface area contributed by atoms with Crippen molar-refractivity contribution < 1.29 is 13.2 Å². The summed E-state index contributed by atoms with van der Waals surface area (Å²) in [5, 5.41) is 6.13. The zero-order valence-corrected chi connectivity index (χ0v) is 15.4. The number of sulfonamides is 1. The number of thiophene rings is 1. The van der Waals surface area contributed by atoms with Gasteiger partial charge in [-0.05, 0) is 24.3 Å². The minimum absolute atomic E-state index is 0.131. The lowest BCUT2D eigenvalue weighted by molar-refractivity contribution is 0.416. The molecule has 0 aliphatic carbocycles. The average molecular weight is 385 g/mol. The molecule has 6 nitrogen and oxygen atoms in total. The number of nitrogens with two attached hydrogens (primary N) is 1. The summed E-state index contributed by atoms with van der Waals surface area (Å²) in [6, 6.07) is 13.0. The first-order valence-corrected chi connectivity index (χ1v) is 10.1. The third-order valence-electron chi connectivity index (χ3n) is 4.07. The van der Waals surface area contributed by atoms with Crippen molar-refractivity contribution in [2.45, 2.75) is 4.21 Å². The van der Waals surface area contributed by atoms with Gasteiger partial charge in [0.2, 0.25) is 10.0 Å². The second kappa shape index (κ2) is 6.24. The first-order chi connectivity index (χ1) is 12.5. The second-order valence-electron chi connectivity index (χ2n) is 5.69. The largest absolute Gasteiger partial charge is 0.496 e. The van der Waals surface area contributed by atoms with E-state index in [4.69, 9.17) is 9.88 Å². The first kappa shape index (κ1) is 16.8. The number of pyridine rings is 1. The Bertz CT molecular complexity index is 1210. The minimum atomic E-state index is -3.71. The van der Waals surface area contributed by atoms with Crippen molar-refractivity contribution in [3.05, 3.63) is 54.9 Å². The van der Waals surface area contributed by atoms with Crippen LogP contribution in [0.3, 0.4) is 0 Å². The molecule has 26 heavy (non-hydrogen) atoms. The van der Waals surface area contributed by atoms with E-state index in [0.29, 0.717) is 0 Å². The standard InChI is InChI=1S/C18H15N3O3S2/c1-24-15-5-3-2-4-12(15)14-10-21-18-13(14)8-11(9-20-18)16-6-7-17(25-16)26(19,22)23/h2-10H,1H3,(H,20,21)(H2,19,22,23). The number of para-hydroxylation sites is 1. The van der Waals surface area contributed by atoms with Crippen LogP contribution in [0.1, 0.15) is 0 Å². The number of aromatic nitrogens is 2. The van der Waals surface area contributed by atoms with Gasteiger partial charge in [0.1, 0.15) is 15.6 Å². The fraction of sp³-hybridized carbons (Fsp3) is 0.0556. The van der Waals surface area contributed by atoms with Crippen molar-refractivity contribution in [3.63, 3.8) is 0 Å². The molecule has 0 aliphatic heterocycles. The zero-order valence-electron chi connectivity index (χ0n) is 13.8. The molecule has 1 aromatic carbocycles. The van der Waals surface area contributed by atoms with E-state index in [9.17, 15) is 8.42 Å². The van der Waals surface area contributed by atoms with Crippen LogP contribution in [0, 0.1) is 0 Å². The summed E-state index contributed by atoms with van der Waals surface area (Å²) in [5.41, 5.74) is 3.50. The van der Waals surface area contributed by atoms with E-state index in [1.165, 1.54) is 6.07 Å². The number of nitrogens with one attached hydrogen (secondary N) is 1. The monoisotopic (exact) mass is 385 g/mol. The van der Waals surface area contributed by atoms with Gasteiger partial charge < -0.3 is 9.72 Å². The van der Waals surface area contributed by atoms with Gasteiger partial charge in [-0.15, -0.1) is 11.3 Å². The van der Waals surface area contributed by atoms with E-state index >= 15 is 0 Å². The number of fused-ring (bicyclic) bond motifs is 1. The van der Waals surface area contributed by atoms with Crippen LogP contribution in [0.25, 0.3) is 32.6 Å². The van der Waals surface area contributed by atoms with E-state index in [1.807, 2.05) is 36.5 Å². The average Bonchev–Trinajstić information content (AvgIpc) is 3.28. The van der Waals surface area contributed by atoms with Crippen LogP contribution in [0.4, 0.5) is 0 Å². The van der Waals surface area contributed by atoms with Gasteiger partial charge in [-0.3, -0.25) is 0 Å². The smallest absolute Gasteiger partial charge is 0.247 e. The number of methoxy groups -OCH3 is 1. The molecule has 3 aromatic heterocycles. The van der Waals surface area contributed by atoms with Crippen LogP contribution in [0.15, 0.2) is 59.1 Å². The van der Waals surface area contributed by atoms with E-state index in [0.717, 1.165) is 49.7 Å². The summed E-state index contributed by atoms with van der Waals surface area (Å²) in [5.74, 6) is 0.770. The quantitative estimate of drug-likeness (QED) is 0.561. The third-order valence-corrected chi connectivity index (χ3v) is 6.65. The van der Waals surface area contributed by atoms with E-state index < -0.39 is 10.0 Å². The molecule has 0 aliphatic rings. The molecular formula is C18H15N3O3S2. The summed E-state index contributed by atoms with van der Waals surface area (Å²) < 4.78 is 28.6. The number of nitrogens with zero attached hydrogens (tertiary/aromatic N) is 1. The number of H-pyrrole nitrogens is 1. The van der Waals surface area contributed by atoms with Gasteiger partial charge in [-0.25, -0.2) is 18.5 Å². The van der Waals surface area contributed by atoms with Gasteiger partial charge in [-0.1, -0.05) is 18.2 Å². The van der Waals surface area contributed by atoms with E-state index in [1.54, 1.807) is 19.4 Å². The second-order valence-corrected chi connectivity index (χ2v) is 8.56. The van der Waals surface area contributed by atoms with E-state index in [2.05, 4.69) is 9.97 Å². The normalized spacial score (nSPS) is 11.8. The summed E-state index contributed by atoms with van der Waals surface area (Å²) in [7, 11) is -2.07. The lowest BCUT2D eigenvalue weighted by Gasteiger charge is -2.07. The Balaban J connectivity index is 1.86. The Kier molecular flexibility index (Phi) is 4.03. The minimum Gasteiger partial charge on any atom is -0.496 e. The molecule has 4 aromatic rings. The Hall–Kier alpha value is -2.68. The maximum Gasteiger partial charge on any atom is 0.247 e. The first-order valence-electron chi connectivity index (χ1n) is 7.71. The molecule has 3 N–H and O–H groups in total. The van der Waals surface area contributed by atoms with Crippen LogP contribution in [-0.4, -0.2) is 25.5 Å². The Morgan fingerprint density at radius 2 is 1.96 bits per heavy atom. The van der Waals surface area contributed by atoms with Crippen LogP contribution in [-0.2, 0) is 10.0 Å². The Morgan fingerprint density at radius 1 is 1.15 bits per heavy atom. The Labute approximate surface area is 154 Å². The predicted molar refractivity (Wildman–Crippen MR) is 103 cm³/mol. The predicted octanol–water partition coefficient (Wildman–Crippen LogP) is 3.61. The SMILES string of the molecule is COc1ccccc1-c1c[nH]c2ncc(-c3ccc(S(N)(=O)=O)s3)cc12. The molecule has 4 rings (SSSR count). The molecular weight excluding hydrogens is 370 g/mol. The molecule has 3 heterocycles. The summed E-state index contributed by atoms with van der Waals surface area (Å²) >= 11 is 1.13. The van der Waals surface area contributed by atoms with Gasteiger partial charge in [0.15, 0.2) is 0 Å². The summed E-state index contributed by atoms with van der Waals surface area (Å²) in [4.78, 5) is 8.41. The van der Waals surface area contributed by atoms with Crippen molar-refractivity contribution >= 4 is 32.4 Å². The molecule has 0 spiro atoms. The molecule has 132 valence electrons. The molecule has 0 saturated heterocycles. The number of aromatic amines is 1. The fourth-order valence-corrected chi connectivity index (χ4v) is 4.57. The molecule has 0 radical (unpaired) electrons. The van der Waals surface area contributed by atoms with Crippen LogP contribution >= 0.6 is 11.3 Å². The summed E-state index contributed by atoms with van der Waals surface area (Å²) in [6.07, 6.45) is 3.60. The van der Waals surface area contributed by atoms with Gasteiger partial charge >= 0.3 is 0 Å². The highest BCUT2D eigenvalue weighted by Gasteiger charge is 2.15. The van der Waals surface area contributed by atoms with Crippen molar-refractivity contribution in [1.82, 2.24) is 9.97 Å². The van der Waals surface area contributed by atoms with Crippen LogP contribution in [0.5, 0.6) is 5.75 Å². The van der Waals surface area contributed by atoms with Crippen LogP contribution < -0.4 is 9.88 Å². The molecule has 0 amide bonds. The topological polar surface area (TPSA) is 98.1 Å². The fourth-order valence-electron chi connectivity index (χ4n) is 2.86. The van der Waals surface area contributed by atoms with Crippen molar-refractivity contribution in [1.29, 1.82) is 0 Å². The highest BCUT2D eigenvalue weighted by atomic mass is 32.2. The van der Waals surface area contributed by atoms with Crippen molar-refractivity contribution in [3.8, 4) is 27.3 Å². The lowest BCUT2D eigenvalue weighted by atomic mass is 10.0. The number of rotatable bonds is 4. The summed E-state index contributed by atoms with van der Waals surface area (Å²) in [6.45, 7) is 0. The number of hydrogen-bond acceptors (Lipinski definition) is 5. The third kappa shape index (κ3) is 2.88. The van der Waals surface area contributed by atoms with Gasteiger partial charge in [0, 0.05) is 39.3 Å². The molecule has 0 saturated carbocycles. The van der Waals surface area contributed by atoms with Gasteiger partial charge in [0.25, 0.3) is 0 Å². The number of primary sulfonamides is 1. The number of ether oxygens (including phenoxy) is 1. The van der Waals surface area contributed by atoms with Crippen molar-refractivity contribution in [2.75, 3.05) is 7.11 Å². The highest BCUT2D eigenvalue weighted by molar-refractivity contribution is 7.91. The maximum absolute atomic E-state index is 11.5. The zero-order chi connectivity index (χ0) is 18.3. The molecule has 0 atom stereocenters.